The van der Waals surface area contributed by atoms with E-state index in [0.29, 0.717) is 10.9 Å². The third-order valence-electron chi connectivity index (χ3n) is 2.89. The first-order valence-corrected chi connectivity index (χ1v) is 8.01. The fourth-order valence-corrected chi connectivity index (χ4v) is 3.54. The second-order valence-corrected chi connectivity index (χ2v) is 7.11. The Kier molecular flexibility index (Phi) is 3.86. The minimum Gasteiger partial charge on any atom is -0.398 e. The van der Waals surface area contributed by atoms with E-state index in [1.807, 2.05) is 6.92 Å². The molecule has 2 unspecified atom stereocenters. The maximum absolute atomic E-state index is 11.2. The molecule has 1 aromatic carbocycles. The van der Waals surface area contributed by atoms with Crippen LogP contribution in [0.15, 0.2) is 28.0 Å². The molecule has 2 atom stereocenters. The summed E-state index contributed by atoms with van der Waals surface area (Å²) in [4.78, 5) is 0.907. The standard InChI is InChI=1S/C11H16N2O3S2/c1-7-10(4-5-16-7)17-11-3-2-8(6-9(11)12)18(13,14)15/h2-3,6-7,10H,4-5,12H2,1H3,(H2,13,14,15). The van der Waals surface area contributed by atoms with Crippen molar-refractivity contribution in [1.29, 1.82) is 0 Å². The van der Waals surface area contributed by atoms with Crippen LogP contribution in [0, 0.1) is 0 Å². The maximum atomic E-state index is 11.2. The van der Waals surface area contributed by atoms with Crippen LogP contribution in [-0.2, 0) is 14.8 Å². The van der Waals surface area contributed by atoms with Crippen molar-refractivity contribution in [3.63, 3.8) is 0 Å². The molecule has 4 N–H and O–H groups in total. The molecule has 1 saturated heterocycles. The van der Waals surface area contributed by atoms with Crippen LogP contribution < -0.4 is 10.9 Å². The van der Waals surface area contributed by atoms with E-state index in [1.165, 1.54) is 12.1 Å². The van der Waals surface area contributed by atoms with E-state index in [2.05, 4.69) is 0 Å². The van der Waals surface area contributed by atoms with Crippen LogP contribution in [0.5, 0.6) is 0 Å². The molecule has 2 rings (SSSR count). The number of hydrogen-bond acceptors (Lipinski definition) is 5. The lowest BCUT2D eigenvalue weighted by atomic mass is 10.3. The molecule has 1 heterocycles. The first kappa shape index (κ1) is 13.7. The van der Waals surface area contributed by atoms with E-state index in [-0.39, 0.29) is 11.0 Å². The second kappa shape index (κ2) is 5.08. The highest BCUT2D eigenvalue weighted by molar-refractivity contribution is 8.00. The first-order valence-electron chi connectivity index (χ1n) is 5.58. The smallest absolute Gasteiger partial charge is 0.238 e. The summed E-state index contributed by atoms with van der Waals surface area (Å²) >= 11 is 1.62. The molecule has 0 spiro atoms. The Balaban J connectivity index is 2.20. The van der Waals surface area contributed by atoms with Crippen molar-refractivity contribution in [2.24, 2.45) is 5.14 Å². The van der Waals surface area contributed by atoms with Crippen molar-refractivity contribution in [2.75, 3.05) is 12.3 Å². The van der Waals surface area contributed by atoms with Crippen molar-refractivity contribution in [3.8, 4) is 0 Å². The summed E-state index contributed by atoms with van der Waals surface area (Å²) in [6.07, 6.45) is 1.16. The number of benzene rings is 1. The summed E-state index contributed by atoms with van der Waals surface area (Å²) < 4.78 is 27.9. The summed E-state index contributed by atoms with van der Waals surface area (Å²) in [5, 5.41) is 5.41. The van der Waals surface area contributed by atoms with E-state index in [4.69, 9.17) is 15.6 Å². The molecule has 0 saturated carbocycles. The van der Waals surface area contributed by atoms with Crippen molar-refractivity contribution >= 4 is 27.5 Å². The third kappa shape index (κ3) is 2.97. The Bertz CT molecular complexity index is 545. The van der Waals surface area contributed by atoms with Gasteiger partial charge in [-0.15, -0.1) is 11.8 Å². The molecule has 100 valence electrons. The molecule has 0 aliphatic carbocycles. The van der Waals surface area contributed by atoms with Gasteiger partial charge < -0.3 is 10.5 Å². The van der Waals surface area contributed by atoms with Crippen molar-refractivity contribution in [1.82, 2.24) is 0 Å². The molecule has 0 bridgehead atoms. The number of hydrogen-bond donors (Lipinski definition) is 2. The Morgan fingerprint density at radius 3 is 2.67 bits per heavy atom. The topological polar surface area (TPSA) is 95.4 Å². The lowest BCUT2D eigenvalue weighted by Gasteiger charge is -2.15. The number of sulfonamides is 1. The van der Waals surface area contributed by atoms with Gasteiger partial charge in [0.1, 0.15) is 0 Å². The van der Waals surface area contributed by atoms with Crippen LogP contribution in [0.3, 0.4) is 0 Å². The Morgan fingerprint density at radius 1 is 1.44 bits per heavy atom. The highest BCUT2D eigenvalue weighted by Gasteiger charge is 2.25. The molecule has 1 fully saturated rings. The van der Waals surface area contributed by atoms with Gasteiger partial charge in [0.15, 0.2) is 0 Å². The molecule has 18 heavy (non-hydrogen) atoms. The van der Waals surface area contributed by atoms with E-state index in [0.717, 1.165) is 17.9 Å². The van der Waals surface area contributed by atoms with Crippen LogP contribution in [0.4, 0.5) is 5.69 Å². The van der Waals surface area contributed by atoms with Gasteiger partial charge in [0.05, 0.1) is 11.0 Å². The zero-order chi connectivity index (χ0) is 13.3. The van der Waals surface area contributed by atoms with Gasteiger partial charge in [-0.25, -0.2) is 13.6 Å². The van der Waals surface area contributed by atoms with E-state index < -0.39 is 10.0 Å². The van der Waals surface area contributed by atoms with Gasteiger partial charge in [-0.2, -0.15) is 0 Å². The first-order chi connectivity index (χ1) is 8.38. The minimum absolute atomic E-state index is 0.0417. The van der Waals surface area contributed by atoms with Crippen LogP contribution in [0.25, 0.3) is 0 Å². The average Bonchev–Trinajstić information content (AvgIpc) is 2.66. The number of anilines is 1. The predicted octanol–water partition coefficient (Wildman–Crippen LogP) is 1.19. The summed E-state index contributed by atoms with van der Waals surface area (Å²) in [6.45, 7) is 2.79. The largest absolute Gasteiger partial charge is 0.398 e. The average molecular weight is 288 g/mol. The monoisotopic (exact) mass is 288 g/mol. The fourth-order valence-electron chi connectivity index (χ4n) is 1.84. The summed E-state index contributed by atoms with van der Waals surface area (Å²) in [7, 11) is -3.69. The molecule has 0 amide bonds. The van der Waals surface area contributed by atoms with Gasteiger partial charge >= 0.3 is 0 Å². The van der Waals surface area contributed by atoms with Crippen molar-refractivity contribution in [3.05, 3.63) is 18.2 Å². The lowest BCUT2D eigenvalue weighted by Crippen LogP contribution is -2.14. The molecule has 1 aromatic rings. The molecule has 1 aliphatic heterocycles. The quantitative estimate of drug-likeness (QED) is 0.814. The lowest BCUT2D eigenvalue weighted by molar-refractivity contribution is 0.127. The van der Waals surface area contributed by atoms with Gasteiger partial charge in [0.2, 0.25) is 10.0 Å². The van der Waals surface area contributed by atoms with Gasteiger partial charge in [0.25, 0.3) is 0 Å². The van der Waals surface area contributed by atoms with E-state index in [9.17, 15) is 8.42 Å². The maximum Gasteiger partial charge on any atom is 0.238 e. The van der Waals surface area contributed by atoms with E-state index >= 15 is 0 Å². The van der Waals surface area contributed by atoms with Crippen LogP contribution in [-0.4, -0.2) is 26.4 Å². The van der Waals surface area contributed by atoms with E-state index in [1.54, 1.807) is 17.8 Å². The number of thioether (sulfide) groups is 1. The highest BCUT2D eigenvalue weighted by atomic mass is 32.2. The predicted molar refractivity (Wildman–Crippen MR) is 71.9 cm³/mol. The molecule has 5 nitrogen and oxygen atoms in total. The molecule has 7 heteroatoms. The Labute approximate surface area is 111 Å². The van der Waals surface area contributed by atoms with Crippen molar-refractivity contribution < 1.29 is 13.2 Å². The summed E-state index contributed by atoms with van der Waals surface area (Å²) in [5.41, 5.74) is 6.30. The zero-order valence-corrected chi connectivity index (χ0v) is 11.6. The summed E-state index contributed by atoms with van der Waals surface area (Å²) in [5.74, 6) is 0. The van der Waals surface area contributed by atoms with Crippen LogP contribution >= 0.6 is 11.8 Å². The van der Waals surface area contributed by atoms with Crippen molar-refractivity contribution in [2.45, 2.75) is 34.5 Å². The highest BCUT2D eigenvalue weighted by Crippen LogP contribution is 2.36. The minimum atomic E-state index is -3.69. The van der Waals surface area contributed by atoms with Gasteiger partial charge in [-0.3, -0.25) is 0 Å². The Hall–Kier alpha value is -0.760. The van der Waals surface area contributed by atoms with Crippen LogP contribution in [0.1, 0.15) is 13.3 Å². The molecule has 0 radical (unpaired) electrons. The molecule has 0 aromatic heterocycles. The number of nitrogen functional groups attached to an aromatic ring is 1. The molecule has 1 aliphatic rings. The number of primary sulfonamides is 1. The van der Waals surface area contributed by atoms with Gasteiger partial charge in [0, 0.05) is 22.4 Å². The van der Waals surface area contributed by atoms with Gasteiger partial charge in [-0.05, 0) is 31.5 Å². The summed E-state index contributed by atoms with van der Waals surface area (Å²) in [6, 6.07) is 4.58. The molecular weight excluding hydrogens is 272 g/mol. The number of nitrogens with two attached hydrogens (primary N) is 2. The molecular formula is C11H16N2O3S2. The SMILES string of the molecule is CC1OCCC1Sc1ccc(S(N)(=O)=O)cc1N. The second-order valence-electron chi connectivity index (χ2n) is 4.27. The normalized spacial score (nSPS) is 24.3. The number of ether oxygens (including phenoxy) is 1. The zero-order valence-electron chi connectivity index (χ0n) is 10.00. The Morgan fingerprint density at radius 2 is 2.17 bits per heavy atom. The number of rotatable bonds is 3. The third-order valence-corrected chi connectivity index (χ3v) is 5.35. The fraction of sp³-hybridized carbons (Fsp3) is 0.455. The van der Waals surface area contributed by atoms with Gasteiger partial charge in [-0.1, -0.05) is 0 Å². The van der Waals surface area contributed by atoms with Crippen LogP contribution in [0.2, 0.25) is 0 Å².